The van der Waals surface area contributed by atoms with Gasteiger partial charge in [0, 0.05) is 18.0 Å². The topological polar surface area (TPSA) is 33.1 Å². The molecule has 1 saturated carbocycles. The zero-order valence-electron chi connectivity index (χ0n) is 8.83. The largest absolute Gasteiger partial charge is 0.385 e. The van der Waals surface area contributed by atoms with Crippen molar-refractivity contribution in [2.24, 2.45) is 5.41 Å². The summed E-state index contributed by atoms with van der Waals surface area (Å²) in [6.45, 7) is 4.42. The van der Waals surface area contributed by atoms with Crippen molar-refractivity contribution >= 4 is 0 Å². The first-order valence-corrected chi connectivity index (χ1v) is 5.15. The lowest BCUT2D eigenvalue weighted by molar-refractivity contribution is 0.0335. The summed E-state index contributed by atoms with van der Waals surface area (Å²) in [6, 6.07) is 3.85. The van der Waals surface area contributed by atoms with Gasteiger partial charge in [-0.15, -0.1) is 0 Å². The van der Waals surface area contributed by atoms with Crippen molar-refractivity contribution in [1.29, 1.82) is 0 Å². The maximum atomic E-state index is 10.5. The van der Waals surface area contributed by atoms with Crippen LogP contribution in [0.25, 0.3) is 0 Å². The Morgan fingerprint density at radius 1 is 1.36 bits per heavy atom. The van der Waals surface area contributed by atoms with Gasteiger partial charge in [-0.1, -0.05) is 19.9 Å². The molecule has 2 nitrogen and oxygen atoms in total. The van der Waals surface area contributed by atoms with Gasteiger partial charge in [-0.05, 0) is 30.7 Å². The van der Waals surface area contributed by atoms with Gasteiger partial charge < -0.3 is 5.11 Å². The molecule has 0 amide bonds. The minimum atomic E-state index is -0.641. The van der Waals surface area contributed by atoms with Gasteiger partial charge in [0.25, 0.3) is 0 Å². The summed E-state index contributed by atoms with van der Waals surface area (Å²) in [5, 5.41) is 10.5. The van der Waals surface area contributed by atoms with Gasteiger partial charge in [-0.3, -0.25) is 4.98 Å². The standard InChI is InChI=1S/C12H17NO/c1-11(2)5-6-12(14,9-11)10-4-3-7-13-8-10/h3-4,7-8,14H,5-6,9H2,1-2H3. The Bertz CT molecular complexity index is 320. The van der Waals surface area contributed by atoms with E-state index in [1.807, 2.05) is 12.1 Å². The second-order valence-electron chi connectivity index (χ2n) is 5.11. The number of nitrogens with zero attached hydrogens (tertiary/aromatic N) is 1. The van der Waals surface area contributed by atoms with E-state index in [2.05, 4.69) is 18.8 Å². The number of hydrogen-bond donors (Lipinski definition) is 1. The van der Waals surface area contributed by atoms with Crippen LogP contribution in [0.5, 0.6) is 0 Å². The predicted octanol–water partition coefficient (Wildman–Crippen LogP) is 2.48. The van der Waals surface area contributed by atoms with Gasteiger partial charge in [0.15, 0.2) is 0 Å². The average Bonchev–Trinajstić information content (AvgIpc) is 2.44. The van der Waals surface area contributed by atoms with Crippen LogP contribution in [-0.4, -0.2) is 10.1 Å². The highest BCUT2D eigenvalue weighted by Gasteiger charge is 2.42. The SMILES string of the molecule is CC1(C)CCC(O)(c2cccnc2)C1. The van der Waals surface area contributed by atoms with E-state index in [1.165, 1.54) is 0 Å². The van der Waals surface area contributed by atoms with Crippen LogP contribution in [0.4, 0.5) is 0 Å². The molecule has 2 rings (SSSR count). The van der Waals surface area contributed by atoms with E-state index in [4.69, 9.17) is 0 Å². The van der Waals surface area contributed by atoms with E-state index in [-0.39, 0.29) is 5.41 Å². The molecule has 0 aromatic carbocycles. The molecule has 1 aliphatic carbocycles. The van der Waals surface area contributed by atoms with E-state index < -0.39 is 5.60 Å². The maximum Gasteiger partial charge on any atom is 0.0916 e. The van der Waals surface area contributed by atoms with Crippen LogP contribution < -0.4 is 0 Å². The second-order valence-corrected chi connectivity index (χ2v) is 5.11. The van der Waals surface area contributed by atoms with Gasteiger partial charge in [0.2, 0.25) is 0 Å². The minimum absolute atomic E-state index is 0.255. The molecule has 1 fully saturated rings. The van der Waals surface area contributed by atoms with Crippen LogP contribution >= 0.6 is 0 Å². The monoisotopic (exact) mass is 191 g/mol. The van der Waals surface area contributed by atoms with E-state index in [9.17, 15) is 5.11 Å². The number of aliphatic hydroxyl groups is 1. The molecule has 0 aliphatic heterocycles. The zero-order valence-corrected chi connectivity index (χ0v) is 8.83. The lowest BCUT2D eigenvalue weighted by Crippen LogP contribution is -2.23. The number of pyridine rings is 1. The van der Waals surface area contributed by atoms with Crippen LogP contribution in [-0.2, 0) is 5.60 Å². The lowest BCUT2D eigenvalue weighted by atomic mass is 9.86. The zero-order chi connectivity index (χ0) is 10.2. The summed E-state index contributed by atoms with van der Waals surface area (Å²) in [7, 11) is 0. The van der Waals surface area contributed by atoms with Gasteiger partial charge in [-0.2, -0.15) is 0 Å². The fraction of sp³-hybridized carbons (Fsp3) is 0.583. The normalized spacial score (nSPS) is 30.5. The van der Waals surface area contributed by atoms with E-state index in [0.29, 0.717) is 0 Å². The third-order valence-corrected chi connectivity index (χ3v) is 3.19. The van der Waals surface area contributed by atoms with Crippen molar-refractivity contribution in [3.8, 4) is 0 Å². The molecule has 1 aliphatic rings. The number of aromatic nitrogens is 1. The van der Waals surface area contributed by atoms with E-state index in [0.717, 1.165) is 24.8 Å². The van der Waals surface area contributed by atoms with E-state index in [1.54, 1.807) is 12.4 Å². The molecule has 0 spiro atoms. The summed E-state index contributed by atoms with van der Waals surface area (Å²) in [6.07, 6.45) is 6.30. The summed E-state index contributed by atoms with van der Waals surface area (Å²) >= 11 is 0. The molecule has 0 radical (unpaired) electrons. The van der Waals surface area contributed by atoms with Crippen molar-refractivity contribution in [3.05, 3.63) is 30.1 Å². The molecular weight excluding hydrogens is 174 g/mol. The minimum Gasteiger partial charge on any atom is -0.385 e. The molecule has 1 N–H and O–H groups in total. The van der Waals surface area contributed by atoms with Crippen molar-refractivity contribution in [1.82, 2.24) is 4.98 Å². The Labute approximate surface area is 85.0 Å². The molecule has 14 heavy (non-hydrogen) atoms. The van der Waals surface area contributed by atoms with Crippen LogP contribution in [0.1, 0.15) is 38.7 Å². The average molecular weight is 191 g/mol. The predicted molar refractivity (Wildman–Crippen MR) is 55.8 cm³/mol. The van der Waals surface area contributed by atoms with Crippen LogP contribution in [0.2, 0.25) is 0 Å². The van der Waals surface area contributed by atoms with Crippen LogP contribution in [0.3, 0.4) is 0 Å². The smallest absolute Gasteiger partial charge is 0.0916 e. The van der Waals surface area contributed by atoms with Gasteiger partial charge in [0.05, 0.1) is 5.60 Å². The first-order valence-electron chi connectivity index (χ1n) is 5.15. The molecule has 1 atom stereocenters. The second kappa shape index (κ2) is 3.06. The fourth-order valence-corrected chi connectivity index (χ4v) is 2.40. The molecule has 0 bridgehead atoms. The molecule has 76 valence electrons. The fourth-order valence-electron chi connectivity index (χ4n) is 2.40. The molecule has 0 saturated heterocycles. The third kappa shape index (κ3) is 1.67. The van der Waals surface area contributed by atoms with Gasteiger partial charge in [0.1, 0.15) is 0 Å². The third-order valence-electron chi connectivity index (χ3n) is 3.19. The maximum absolute atomic E-state index is 10.5. The Morgan fingerprint density at radius 2 is 2.14 bits per heavy atom. The van der Waals surface area contributed by atoms with Crippen LogP contribution in [0.15, 0.2) is 24.5 Å². The van der Waals surface area contributed by atoms with Crippen molar-refractivity contribution < 1.29 is 5.11 Å². The molecule has 1 unspecified atom stereocenters. The molecular formula is C12H17NO. The molecule has 2 heteroatoms. The van der Waals surface area contributed by atoms with Gasteiger partial charge >= 0.3 is 0 Å². The summed E-state index contributed by atoms with van der Waals surface area (Å²) in [4.78, 5) is 4.06. The van der Waals surface area contributed by atoms with Gasteiger partial charge in [-0.25, -0.2) is 0 Å². The first kappa shape index (κ1) is 9.66. The summed E-state index contributed by atoms with van der Waals surface area (Å²) in [5.74, 6) is 0. The highest BCUT2D eigenvalue weighted by Crippen LogP contribution is 2.48. The first-order chi connectivity index (χ1) is 6.52. The van der Waals surface area contributed by atoms with Crippen molar-refractivity contribution in [2.75, 3.05) is 0 Å². The lowest BCUT2D eigenvalue weighted by Gasteiger charge is -2.25. The Kier molecular flexibility index (Phi) is 2.11. The summed E-state index contributed by atoms with van der Waals surface area (Å²) < 4.78 is 0. The molecule has 1 heterocycles. The quantitative estimate of drug-likeness (QED) is 0.739. The molecule has 1 aromatic heterocycles. The van der Waals surface area contributed by atoms with Crippen molar-refractivity contribution in [2.45, 2.75) is 38.7 Å². The van der Waals surface area contributed by atoms with E-state index >= 15 is 0 Å². The number of rotatable bonds is 1. The highest BCUT2D eigenvalue weighted by atomic mass is 16.3. The Balaban J connectivity index is 2.27. The molecule has 1 aromatic rings. The van der Waals surface area contributed by atoms with Crippen LogP contribution in [0, 0.1) is 5.41 Å². The Hall–Kier alpha value is -0.890. The summed E-state index contributed by atoms with van der Waals surface area (Å²) in [5.41, 5.74) is 0.577. The Morgan fingerprint density at radius 3 is 2.64 bits per heavy atom. The van der Waals surface area contributed by atoms with Crippen molar-refractivity contribution in [3.63, 3.8) is 0 Å². The highest BCUT2D eigenvalue weighted by molar-refractivity contribution is 5.20. The number of hydrogen-bond acceptors (Lipinski definition) is 2.